The van der Waals surface area contributed by atoms with E-state index in [0.717, 1.165) is 5.56 Å². The average Bonchev–Trinajstić information content (AvgIpc) is 2.11. The van der Waals surface area contributed by atoms with Gasteiger partial charge in [0.15, 0.2) is 0 Å². The van der Waals surface area contributed by atoms with Crippen LogP contribution in [0.4, 0.5) is 10.1 Å². The van der Waals surface area contributed by atoms with Gasteiger partial charge >= 0.3 is 0 Å². The topological polar surface area (TPSA) is 12.0 Å². The van der Waals surface area contributed by atoms with Crippen LogP contribution >= 0.6 is 0 Å². The fraction of sp³-hybridized carbons (Fsp3) is 0.500. The SMILES string of the molecule is Cc1cccc(F)c1NC(C)C(C)C. The van der Waals surface area contributed by atoms with E-state index in [1.165, 1.54) is 6.07 Å². The van der Waals surface area contributed by atoms with Crippen molar-refractivity contribution in [3.05, 3.63) is 29.6 Å². The van der Waals surface area contributed by atoms with E-state index >= 15 is 0 Å². The van der Waals surface area contributed by atoms with Crippen LogP contribution in [0.25, 0.3) is 0 Å². The summed E-state index contributed by atoms with van der Waals surface area (Å²) in [4.78, 5) is 0. The number of hydrogen-bond acceptors (Lipinski definition) is 1. The van der Waals surface area contributed by atoms with Crippen LogP contribution in [0.1, 0.15) is 26.3 Å². The summed E-state index contributed by atoms with van der Waals surface area (Å²) in [7, 11) is 0. The van der Waals surface area contributed by atoms with Crippen LogP contribution in [0.3, 0.4) is 0 Å². The molecule has 1 N–H and O–H groups in total. The molecule has 14 heavy (non-hydrogen) atoms. The van der Waals surface area contributed by atoms with E-state index in [9.17, 15) is 4.39 Å². The van der Waals surface area contributed by atoms with Crippen molar-refractivity contribution in [3.63, 3.8) is 0 Å². The van der Waals surface area contributed by atoms with Crippen LogP contribution in [-0.2, 0) is 0 Å². The summed E-state index contributed by atoms with van der Waals surface area (Å²) in [5.41, 5.74) is 1.59. The Morgan fingerprint density at radius 2 is 1.86 bits per heavy atom. The third-order valence-corrected chi connectivity index (χ3v) is 2.59. The molecule has 0 saturated carbocycles. The number of halogens is 1. The van der Waals surface area contributed by atoms with Gasteiger partial charge in [-0.2, -0.15) is 0 Å². The predicted octanol–water partition coefficient (Wildman–Crippen LogP) is 3.59. The molecule has 1 rings (SSSR count). The van der Waals surface area contributed by atoms with E-state index in [2.05, 4.69) is 26.1 Å². The lowest BCUT2D eigenvalue weighted by Gasteiger charge is -2.20. The second-order valence-corrected chi connectivity index (χ2v) is 4.11. The van der Waals surface area contributed by atoms with Gasteiger partial charge in [0, 0.05) is 6.04 Å². The van der Waals surface area contributed by atoms with Crippen molar-refractivity contribution in [3.8, 4) is 0 Å². The van der Waals surface area contributed by atoms with Crippen LogP contribution in [0.5, 0.6) is 0 Å². The minimum Gasteiger partial charge on any atom is -0.380 e. The second-order valence-electron chi connectivity index (χ2n) is 4.11. The Hall–Kier alpha value is -1.05. The predicted molar refractivity (Wildman–Crippen MR) is 59.1 cm³/mol. The Morgan fingerprint density at radius 3 is 2.36 bits per heavy atom. The van der Waals surface area contributed by atoms with E-state index in [-0.39, 0.29) is 11.9 Å². The molecule has 1 nitrogen and oxygen atoms in total. The van der Waals surface area contributed by atoms with Crippen molar-refractivity contribution in [1.82, 2.24) is 0 Å². The van der Waals surface area contributed by atoms with Gasteiger partial charge in [-0.1, -0.05) is 26.0 Å². The number of nitrogens with one attached hydrogen (secondary N) is 1. The summed E-state index contributed by atoms with van der Waals surface area (Å²) in [6.45, 7) is 8.22. The average molecular weight is 195 g/mol. The van der Waals surface area contributed by atoms with Gasteiger partial charge in [0.05, 0.1) is 5.69 Å². The highest BCUT2D eigenvalue weighted by atomic mass is 19.1. The van der Waals surface area contributed by atoms with Gasteiger partial charge < -0.3 is 5.32 Å². The van der Waals surface area contributed by atoms with Gasteiger partial charge in [0.1, 0.15) is 5.82 Å². The zero-order valence-corrected chi connectivity index (χ0v) is 9.26. The number of benzene rings is 1. The fourth-order valence-electron chi connectivity index (χ4n) is 1.21. The molecular formula is C12H18FN. The van der Waals surface area contributed by atoms with Crippen LogP contribution in [0.15, 0.2) is 18.2 Å². The maximum atomic E-state index is 13.4. The molecule has 1 aromatic carbocycles. The molecule has 0 amide bonds. The number of rotatable bonds is 3. The van der Waals surface area contributed by atoms with Gasteiger partial charge in [-0.15, -0.1) is 0 Å². The van der Waals surface area contributed by atoms with Crippen molar-refractivity contribution in [1.29, 1.82) is 0 Å². The molecule has 78 valence electrons. The standard InChI is InChI=1S/C12H18FN/c1-8(2)10(4)14-12-9(3)6-5-7-11(12)13/h5-8,10,14H,1-4H3. The molecular weight excluding hydrogens is 177 g/mol. The van der Waals surface area contributed by atoms with Gasteiger partial charge in [0.25, 0.3) is 0 Å². The molecule has 2 heteroatoms. The molecule has 0 aliphatic rings. The third kappa shape index (κ3) is 2.47. The Balaban J connectivity index is 2.85. The molecule has 0 bridgehead atoms. The highest BCUT2D eigenvalue weighted by Gasteiger charge is 2.10. The summed E-state index contributed by atoms with van der Waals surface area (Å²) >= 11 is 0. The quantitative estimate of drug-likeness (QED) is 0.777. The fourth-order valence-corrected chi connectivity index (χ4v) is 1.21. The zero-order valence-electron chi connectivity index (χ0n) is 9.26. The monoisotopic (exact) mass is 195 g/mol. The van der Waals surface area contributed by atoms with Crippen molar-refractivity contribution in [2.45, 2.75) is 33.7 Å². The molecule has 1 unspecified atom stereocenters. The van der Waals surface area contributed by atoms with E-state index in [1.54, 1.807) is 6.07 Å². The molecule has 1 aromatic rings. The Bertz CT molecular complexity index is 287. The molecule has 0 heterocycles. The van der Waals surface area contributed by atoms with E-state index < -0.39 is 0 Å². The molecule has 0 fully saturated rings. The lowest BCUT2D eigenvalue weighted by atomic mass is 10.1. The normalized spacial score (nSPS) is 13.0. The first-order valence-corrected chi connectivity index (χ1v) is 5.04. The lowest BCUT2D eigenvalue weighted by Crippen LogP contribution is -2.22. The first-order chi connectivity index (χ1) is 6.52. The Labute approximate surface area is 85.3 Å². The number of para-hydroxylation sites is 1. The first kappa shape index (κ1) is 11.0. The number of hydrogen-bond donors (Lipinski definition) is 1. The van der Waals surface area contributed by atoms with Crippen molar-refractivity contribution >= 4 is 5.69 Å². The highest BCUT2D eigenvalue weighted by Crippen LogP contribution is 2.21. The van der Waals surface area contributed by atoms with Crippen LogP contribution in [0, 0.1) is 18.7 Å². The Kier molecular flexibility index (Phi) is 3.50. The second kappa shape index (κ2) is 4.45. The maximum Gasteiger partial charge on any atom is 0.146 e. The molecule has 0 aliphatic heterocycles. The third-order valence-electron chi connectivity index (χ3n) is 2.59. The molecule has 0 saturated heterocycles. The minimum atomic E-state index is -0.169. The van der Waals surface area contributed by atoms with Crippen molar-refractivity contribution in [2.75, 3.05) is 5.32 Å². The smallest absolute Gasteiger partial charge is 0.146 e. The lowest BCUT2D eigenvalue weighted by molar-refractivity contribution is 0.551. The van der Waals surface area contributed by atoms with E-state index in [1.807, 2.05) is 13.0 Å². The number of aryl methyl sites for hydroxylation is 1. The summed E-state index contributed by atoms with van der Waals surface area (Å²) in [5.74, 6) is 0.325. The minimum absolute atomic E-state index is 0.169. The maximum absolute atomic E-state index is 13.4. The van der Waals surface area contributed by atoms with Crippen LogP contribution in [-0.4, -0.2) is 6.04 Å². The van der Waals surface area contributed by atoms with Crippen molar-refractivity contribution < 1.29 is 4.39 Å². The molecule has 1 atom stereocenters. The summed E-state index contributed by atoms with van der Waals surface area (Å²) in [6, 6.07) is 5.42. The van der Waals surface area contributed by atoms with Crippen molar-refractivity contribution in [2.24, 2.45) is 5.92 Å². The summed E-state index contributed by atoms with van der Waals surface area (Å²) in [5, 5.41) is 3.20. The molecule has 0 radical (unpaired) electrons. The molecule has 0 aromatic heterocycles. The zero-order chi connectivity index (χ0) is 10.7. The highest BCUT2D eigenvalue weighted by molar-refractivity contribution is 5.52. The molecule has 0 spiro atoms. The van der Waals surface area contributed by atoms with E-state index in [4.69, 9.17) is 0 Å². The van der Waals surface area contributed by atoms with Gasteiger partial charge in [-0.25, -0.2) is 4.39 Å². The van der Waals surface area contributed by atoms with Gasteiger partial charge in [-0.05, 0) is 31.4 Å². The number of anilines is 1. The summed E-state index contributed by atoms with van der Waals surface area (Å²) < 4.78 is 13.4. The molecule has 0 aliphatic carbocycles. The first-order valence-electron chi connectivity index (χ1n) is 5.04. The summed E-state index contributed by atoms with van der Waals surface area (Å²) in [6.07, 6.45) is 0. The Morgan fingerprint density at radius 1 is 1.21 bits per heavy atom. The van der Waals surface area contributed by atoms with Gasteiger partial charge in [0.2, 0.25) is 0 Å². The largest absolute Gasteiger partial charge is 0.380 e. The van der Waals surface area contributed by atoms with Crippen LogP contribution < -0.4 is 5.32 Å². The van der Waals surface area contributed by atoms with Crippen LogP contribution in [0.2, 0.25) is 0 Å². The van der Waals surface area contributed by atoms with E-state index in [0.29, 0.717) is 11.6 Å². The van der Waals surface area contributed by atoms with Gasteiger partial charge in [-0.3, -0.25) is 0 Å².